The molecule has 0 spiro atoms. The summed E-state index contributed by atoms with van der Waals surface area (Å²) in [6.07, 6.45) is -2.69. The summed E-state index contributed by atoms with van der Waals surface area (Å²) in [5.41, 5.74) is -1.82. The molecule has 0 saturated carbocycles. The van der Waals surface area contributed by atoms with Crippen LogP contribution in [0.1, 0.15) is 17.7 Å². The highest BCUT2D eigenvalue weighted by Crippen LogP contribution is 2.34. The monoisotopic (exact) mass is 373 g/mol. The number of aromatic nitrogens is 2. The summed E-state index contributed by atoms with van der Waals surface area (Å²) in [4.78, 5) is 16.5. The second-order valence-electron chi connectivity index (χ2n) is 5.79. The van der Waals surface area contributed by atoms with Crippen molar-refractivity contribution in [3.63, 3.8) is 0 Å². The van der Waals surface area contributed by atoms with Crippen molar-refractivity contribution in [1.82, 2.24) is 9.38 Å². The predicted molar refractivity (Wildman–Crippen MR) is 92.4 cm³/mol. The Hall–Kier alpha value is -3.34. The number of fused-ring (bicyclic) bond motifs is 1. The van der Waals surface area contributed by atoms with E-state index >= 15 is 0 Å². The van der Waals surface area contributed by atoms with Crippen molar-refractivity contribution in [1.29, 1.82) is 5.26 Å². The lowest BCUT2D eigenvalue weighted by atomic mass is 10.0. The van der Waals surface area contributed by atoms with E-state index in [1.54, 1.807) is 12.1 Å². The maximum atomic E-state index is 13.6. The Bertz CT molecular complexity index is 1080. The Kier molecular flexibility index (Phi) is 4.86. The summed E-state index contributed by atoms with van der Waals surface area (Å²) in [6.45, 7) is 0. The molecule has 3 rings (SSSR count). The summed E-state index contributed by atoms with van der Waals surface area (Å²) >= 11 is 0. The number of nitrogens with zero attached hydrogens (tertiary/aromatic N) is 3. The average Bonchev–Trinajstić information content (AvgIpc) is 2.65. The second kappa shape index (κ2) is 7.11. The van der Waals surface area contributed by atoms with Crippen molar-refractivity contribution in [2.24, 2.45) is 0 Å². The molecule has 0 fully saturated rings. The van der Waals surface area contributed by atoms with E-state index < -0.39 is 23.0 Å². The van der Waals surface area contributed by atoms with Crippen LogP contribution in [0.5, 0.6) is 5.75 Å². The fourth-order valence-corrected chi connectivity index (χ4v) is 2.75. The molecule has 0 radical (unpaired) electrons. The number of hydrogen-bond donors (Lipinski definition) is 0. The van der Waals surface area contributed by atoms with Gasteiger partial charge in [0.1, 0.15) is 11.4 Å². The molecule has 0 unspecified atom stereocenters. The predicted octanol–water partition coefficient (Wildman–Crippen LogP) is 3.85. The van der Waals surface area contributed by atoms with Crippen LogP contribution in [0.3, 0.4) is 0 Å². The third-order valence-electron chi connectivity index (χ3n) is 4.07. The molecule has 138 valence electrons. The van der Waals surface area contributed by atoms with E-state index in [2.05, 4.69) is 4.98 Å². The van der Waals surface area contributed by atoms with Gasteiger partial charge in [-0.25, -0.2) is 4.98 Å². The largest absolute Gasteiger partial charge is 0.497 e. The van der Waals surface area contributed by atoms with Crippen LogP contribution in [-0.2, 0) is 12.6 Å². The Morgan fingerprint density at radius 3 is 2.52 bits per heavy atom. The Morgan fingerprint density at radius 2 is 1.93 bits per heavy atom. The highest BCUT2D eigenvalue weighted by atomic mass is 19.4. The average molecular weight is 373 g/mol. The zero-order valence-corrected chi connectivity index (χ0v) is 14.2. The van der Waals surface area contributed by atoms with Crippen molar-refractivity contribution in [2.45, 2.75) is 19.0 Å². The topological polar surface area (TPSA) is 67.4 Å². The van der Waals surface area contributed by atoms with Crippen LogP contribution < -0.4 is 10.3 Å². The fraction of sp³-hybridized carbons (Fsp3) is 0.211. The van der Waals surface area contributed by atoms with Gasteiger partial charge in [0.15, 0.2) is 5.69 Å². The summed E-state index contributed by atoms with van der Waals surface area (Å²) in [5, 5.41) is 8.62. The molecule has 0 saturated heterocycles. The molecule has 1 aromatic carbocycles. The van der Waals surface area contributed by atoms with Gasteiger partial charge in [-0.1, -0.05) is 24.3 Å². The van der Waals surface area contributed by atoms with E-state index in [9.17, 15) is 18.0 Å². The van der Waals surface area contributed by atoms with Gasteiger partial charge in [0.05, 0.1) is 18.7 Å². The van der Waals surface area contributed by atoms with E-state index in [-0.39, 0.29) is 11.2 Å². The maximum absolute atomic E-state index is 13.6. The molecule has 0 aliphatic carbocycles. The van der Waals surface area contributed by atoms with Gasteiger partial charge in [0.25, 0.3) is 5.56 Å². The highest BCUT2D eigenvalue weighted by Gasteiger charge is 2.38. The molecule has 8 heteroatoms. The number of ether oxygens (including phenoxy) is 1. The zero-order chi connectivity index (χ0) is 19.6. The number of alkyl halides is 3. The van der Waals surface area contributed by atoms with Crippen molar-refractivity contribution in [2.75, 3.05) is 7.11 Å². The van der Waals surface area contributed by atoms with Gasteiger partial charge in [0.2, 0.25) is 0 Å². The van der Waals surface area contributed by atoms with E-state index in [0.29, 0.717) is 18.6 Å². The molecule has 0 N–H and O–H groups in total. The first-order valence-corrected chi connectivity index (χ1v) is 7.99. The highest BCUT2D eigenvalue weighted by molar-refractivity contribution is 5.68. The number of aryl methyl sites for hydroxylation is 1. The summed E-state index contributed by atoms with van der Waals surface area (Å²) < 4.78 is 46.8. The van der Waals surface area contributed by atoms with Gasteiger partial charge in [-0.2, -0.15) is 18.4 Å². The smallest absolute Gasteiger partial charge is 0.434 e. The van der Waals surface area contributed by atoms with Crippen LogP contribution in [-0.4, -0.2) is 16.5 Å². The van der Waals surface area contributed by atoms with Gasteiger partial charge in [-0.05, 0) is 23.6 Å². The number of benzene rings is 1. The Balaban J connectivity index is 2.23. The quantitative estimate of drug-likeness (QED) is 0.697. The number of methoxy groups -OCH3 is 1. The van der Waals surface area contributed by atoms with Crippen molar-refractivity contribution in [3.8, 4) is 22.9 Å². The minimum Gasteiger partial charge on any atom is -0.497 e. The van der Waals surface area contributed by atoms with Gasteiger partial charge in [0, 0.05) is 18.7 Å². The minimum atomic E-state index is -4.80. The Labute approximate surface area is 152 Å². The number of nitriles is 1. The van der Waals surface area contributed by atoms with Crippen LogP contribution in [0, 0.1) is 11.3 Å². The molecule has 2 heterocycles. The molecule has 27 heavy (non-hydrogen) atoms. The second-order valence-corrected chi connectivity index (χ2v) is 5.79. The lowest BCUT2D eigenvalue weighted by molar-refractivity contribution is -0.140. The standard InChI is InChI=1S/C19H14F3N3O2/c1-27-14-8-10-25-15(11-14)24-17(19(20,21)22)16(18(25)26)13-6-4-12(5-7-13)3-2-9-23/h4-8,10-11H,2-3H2,1H3. The molecule has 5 nitrogen and oxygen atoms in total. The molecule has 3 aromatic rings. The van der Waals surface area contributed by atoms with Crippen LogP contribution in [0.2, 0.25) is 0 Å². The first-order valence-electron chi connectivity index (χ1n) is 7.99. The van der Waals surface area contributed by atoms with Crippen LogP contribution in [0.15, 0.2) is 47.4 Å². The summed E-state index contributed by atoms with van der Waals surface area (Å²) in [5.74, 6) is 0.296. The van der Waals surface area contributed by atoms with Crippen molar-refractivity contribution < 1.29 is 17.9 Å². The van der Waals surface area contributed by atoms with Gasteiger partial charge >= 0.3 is 6.18 Å². The number of rotatable bonds is 4. The van der Waals surface area contributed by atoms with E-state index in [1.165, 1.54) is 37.6 Å². The van der Waals surface area contributed by atoms with E-state index in [4.69, 9.17) is 10.00 Å². The van der Waals surface area contributed by atoms with Crippen LogP contribution in [0.25, 0.3) is 16.8 Å². The normalized spacial score (nSPS) is 11.4. The van der Waals surface area contributed by atoms with Crippen LogP contribution in [0.4, 0.5) is 13.2 Å². The molecule has 0 amide bonds. The SMILES string of the molecule is COc1ccn2c(=O)c(-c3ccc(CCC#N)cc3)c(C(F)(F)F)nc2c1. The zero-order valence-electron chi connectivity index (χ0n) is 14.2. The van der Waals surface area contributed by atoms with Crippen molar-refractivity contribution >= 4 is 5.65 Å². The minimum absolute atomic E-state index is 0.116. The third kappa shape index (κ3) is 3.62. The van der Waals surface area contributed by atoms with E-state index in [0.717, 1.165) is 9.96 Å². The fourth-order valence-electron chi connectivity index (χ4n) is 2.75. The molecular formula is C19H14F3N3O2. The first kappa shape index (κ1) is 18.5. The number of pyridine rings is 1. The molecule has 0 aliphatic heterocycles. The first-order chi connectivity index (χ1) is 12.8. The molecule has 0 atom stereocenters. The number of halogens is 3. The molecule has 2 aromatic heterocycles. The van der Waals surface area contributed by atoms with Gasteiger partial charge < -0.3 is 4.74 Å². The van der Waals surface area contributed by atoms with E-state index in [1.807, 2.05) is 6.07 Å². The van der Waals surface area contributed by atoms with Gasteiger partial charge in [-0.3, -0.25) is 9.20 Å². The maximum Gasteiger partial charge on any atom is 0.434 e. The Morgan fingerprint density at radius 1 is 1.22 bits per heavy atom. The number of hydrogen-bond acceptors (Lipinski definition) is 4. The summed E-state index contributed by atoms with van der Waals surface area (Å²) in [7, 11) is 1.37. The van der Waals surface area contributed by atoms with Gasteiger partial charge in [-0.15, -0.1) is 0 Å². The van der Waals surface area contributed by atoms with Crippen molar-refractivity contribution in [3.05, 3.63) is 64.2 Å². The lowest BCUT2D eigenvalue weighted by Crippen LogP contribution is -2.24. The lowest BCUT2D eigenvalue weighted by Gasteiger charge is -2.14. The summed E-state index contributed by atoms with van der Waals surface area (Å²) in [6, 6.07) is 10.8. The van der Waals surface area contributed by atoms with Crippen LogP contribution >= 0.6 is 0 Å². The third-order valence-corrected chi connectivity index (χ3v) is 4.07. The molecular weight excluding hydrogens is 359 g/mol. The molecule has 0 aliphatic rings. The molecule has 0 bridgehead atoms.